The molecule has 0 aliphatic heterocycles. The summed E-state index contributed by atoms with van der Waals surface area (Å²) >= 11 is 7.48. The summed E-state index contributed by atoms with van der Waals surface area (Å²) in [5.41, 5.74) is 2.15. The predicted molar refractivity (Wildman–Crippen MR) is 127 cm³/mol. The molecule has 0 aliphatic carbocycles. The molecule has 0 fully saturated rings. The summed E-state index contributed by atoms with van der Waals surface area (Å²) in [6.45, 7) is 0.241. The average Bonchev–Trinajstić information content (AvgIpc) is 2.81. The second-order valence-corrected chi connectivity index (χ2v) is 8.27. The number of hydrogen-bond acceptors (Lipinski definition) is 5. The Morgan fingerprint density at radius 2 is 1.88 bits per heavy atom. The van der Waals surface area contributed by atoms with Gasteiger partial charge < -0.3 is 5.32 Å². The molecule has 0 aliphatic rings. The minimum Gasteiger partial charge on any atom is -0.325 e. The summed E-state index contributed by atoms with van der Waals surface area (Å²) in [5.74, 6) is -0.221. The summed E-state index contributed by atoms with van der Waals surface area (Å²) in [5, 5.41) is 13.3. The number of nitrogens with one attached hydrogen (secondary N) is 1. The highest BCUT2D eigenvalue weighted by molar-refractivity contribution is 7.99. The Morgan fingerprint density at radius 3 is 2.69 bits per heavy atom. The number of amides is 1. The molecule has 6 nitrogen and oxygen atoms in total. The molecule has 0 unspecified atom stereocenters. The van der Waals surface area contributed by atoms with Crippen molar-refractivity contribution in [3.05, 3.63) is 99.3 Å². The fourth-order valence-electron chi connectivity index (χ4n) is 3.19. The maximum absolute atomic E-state index is 13.2. The minimum absolute atomic E-state index is 0.0457. The number of rotatable bonds is 6. The number of nitriles is 1. The van der Waals surface area contributed by atoms with Crippen LogP contribution in [0, 0.1) is 11.3 Å². The number of para-hydroxylation sites is 1. The molecule has 1 amide bonds. The number of anilines is 1. The second kappa shape index (κ2) is 9.69. The van der Waals surface area contributed by atoms with Gasteiger partial charge in [-0.3, -0.25) is 14.2 Å². The predicted octanol–water partition coefficient (Wildman–Crippen LogP) is 4.70. The van der Waals surface area contributed by atoms with Gasteiger partial charge in [0, 0.05) is 10.7 Å². The van der Waals surface area contributed by atoms with Crippen LogP contribution in [0.15, 0.2) is 82.7 Å². The summed E-state index contributed by atoms with van der Waals surface area (Å²) in [4.78, 5) is 30.3. The lowest BCUT2D eigenvalue weighted by atomic mass is 10.2. The highest BCUT2D eigenvalue weighted by Crippen LogP contribution is 2.22. The van der Waals surface area contributed by atoms with E-state index < -0.39 is 0 Å². The van der Waals surface area contributed by atoms with Crippen molar-refractivity contribution in [1.82, 2.24) is 9.55 Å². The summed E-state index contributed by atoms with van der Waals surface area (Å²) in [6.07, 6.45) is 0. The average molecular weight is 461 g/mol. The first-order valence-corrected chi connectivity index (χ1v) is 11.1. The molecule has 8 heteroatoms. The highest BCUT2D eigenvalue weighted by Gasteiger charge is 2.15. The monoisotopic (exact) mass is 460 g/mol. The number of thioether (sulfide) groups is 1. The van der Waals surface area contributed by atoms with Gasteiger partial charge in [0.25, 0.3) is 5.56 Å². The van der Waals surface area contributed by atoms with Crippen LogP contribution in [0.25, 0.3) is 10.9 Å². The van der Waals surface area contributed by atoms with Gasteiger partial charge in [-0.15, -0.1) is 0 Å². The van der Waals surface area contributed by atoms with Gasteiger partial charge in [0.15, 0.2) is 5.16 Å². The zero-order valence-corrected chi connectivity index (χ0v) is 18.4. The van der Waals surface area contributed by atoms with Crippen LogP contribution in [-0.4, -0.2) is 21.2 Å². The Morgan fingerprint density at radius 1 is 1.09 bits per heavy atom. The molecule has 0 saturated carbocycles. The second-order valence-electron chi connectivity index (χ2n) is 6.92. The van der Waals surface area contributed by atoms with Crippen LogP contribution in [0.1, 0.15) is 11.1 Å². The Labute approximate surface area is 193 Å². The van der Waals surface area contributed by atoms with Gasteiger partial charge in [0.1, 0.15) is 0 Å². The third-order valence-corrected chi connectivity index (χ3v) is 6.07. The van der Waals surface area contributed by atoms with Crippen LogP contribution in [0.4, 0.5) is 5.69 Å². The molecule has 0 bridgehead atoms. The lowest BCUT2D eigenvalue weighted by Crippen LogP contribution is -2.25. The molecule has 0 spiro atoms. The van der Waals surface area contributed by atoms with Gasteiger partial charge in [-0.05, 0) is 42.0 Å². The smallest absolute Gasteiger partial charge is 0.262 e. The number of benzene rings is 3. The molecule has 3 aromatic carbocycles. The zero-order chi connectivity index (χ0) is 22.5. The zero-order valence-electron chi connectivity index (χ0n) is 16.8. The normalized spacial score (nSPS) is 10.6. The molecule has 1 heterocycles. The quantitative estimate of drug-likeness (QED) is 0.333. The lowest BCUT2D eigenvalue weighted by molar-refractivity contribution is -0.113. The molecular formula is C24H17ClN4O2S. The van der Waals surface area contributed by atoms with Gasteiger partial charge in [-0.1, -0.05) is 59.8 Å². The molecule has 1 N–H and O–H groups in total. The minimum atomic E-state index is -0.267. The standard InChI is InChI=1S/C24H17ClN4O2S/c25-20-10-3-1-7-17(20)14-29-23(31)19-9-2-4-11-21(19)28-24(29)32-15-22(30)27-18-8-5-6-16(12-18)13-26/h1-12H,14-15H2,(H,27,30). The van der Waals surface area contributed by atoms with Crippen molar-refractivity contribution in [3.8, 4) is 6.07 Å². The molecular weight excluding hydrogens is 444 g/mol. The van der Waals surface area contributed by atoms with Crippen LogP contribution >= 0.6 is 23.4 Å². The maximum Gasteiger partial charge on any atom is 0.262 e. The SMILES string of the molecule is N#Cc1cccc(NC(=O)CSc2nc3ccccc3c(=O)n2Cc2ccccc2Cl)c1. The van der Waals surface area contributed by atoms with Gasteiger partial charge in [-0.25, -0.2) is 4.98 Å². The Kier molecular flexibility index (Phi) is 6.55. The van der Waals surface area contributed by atoms with Crippen molar-refractivity contribution < 1.29 is 4.79 Å². The van der Waals surface area contributed by atoms with Gasteiger partial charge in [0.2, 0.25) is 5.91 Å². The summed E-state index contributed by atoms with van der Waals surface area (Å²) in [6, 6.07) is 23.1. The molecule has 4 rings (SSSR count). The van der Waals surface area contributed by atoms with Crippen molar-refractivity contribution >= 4 is 45.9 Å². The van der Waals surface area contributed by atoms with E-state index in [9.17, 15) is 9.59 Å². The lowest BCUT2D eigenvalue weighted by Gasteiger charge is -2.14. The van der Waals surface area contributed by atoms with Gasteiger partial charge >= 0.3 is 0 Å². The van der Waals surface area contributed by atoms with E-state index in [1.54, 1.807) is 48.5 Å². The van der Waals surface area contributed by atoms with Crippen molar-refractivity contribution in [2.75, 3.05) is 11.1 Å². The molecule has 158 valence electrons. The first-order chi connectivity index (χ1) is 15.5. The number of carbonyl (C=O) groups is 1. The van der Waals surface area contributed by atoms with E-state index in [-0.39, 0.29) is 23.8 Å². The van der Waals surface area contributed by atoms with Gasteiger partial charge in [-0.2, -0.15) is 5.26 Å². The van der Waals surface area contributed by atoms with E-state index in [2.05, 4.69) is 10.3 Å². The van der Waals surface area contributed by atoms with E-state index >= 15 is 0 Å². The molecule has 0 radical (unpaired) electrons. The number of fused-ring (bicyclic) bond motifs is 1. The van der Waals surface area contributed by atoms with Crippen molar-refractivity contribution in [3.63, 3.8) is 0 Å². The van der Waals surface area contributed by atoms with E-state index in [0.717, 1.165) is 5.56 Å². The van der Waals surface area contributed by atoms with E-state index in [0.29, 0.717) is 32.3 Å². The van der Waals surface area contributed by atoms with E-state index in [4.69, 9.17) is 16.9 Å². The Bertz CT molecular complexity index is 1410. The fourth-order valence-corrected chi connectivity index (χ4v) is 4.18. The summed E-state index contributed by atoms with van der Waals surface area (Å²) in [7, 11) is 0. The van der Waals surface area contributed by atoms with Crippen LogP contribution in [-0.2, 0) is 11.3 Å². The van der Waals surface area contributed by atoms with Crippen molar-refractivity contribution in [2.45, 2.75) is 11.7 Å². The number of aromatic nitrogens is 2. The molecule has 1 aromatic heterocycles. The number of nitrogens with zero attached hydrogens (tertiary/aromatic N) is 3. The maximum atomic E-state index is 13.2. The number of carbonyl (C=O) groups excluding carboxylic acids is 1. The molecule has 0 saturated heterocycles. The highest BCUT2D eigenvalue weighted by atomic mass is 35.5. The largest absolute Gasteiger partial charge is 0.325 e. The third-order valence-electron chi connectivity index (χ3n) is 4.72. The third kappa shape index (κ3) is 4.83. The first kappa shape index (κ1) is 21.6. The summed E-state index contributed by atoms with van der Waals surface area (Å²) < 4.78 is 1.54. The molecule has 4 aromatic rings. The number of hydrogen-bond donors (Lipinski definition) is 1. The number of halogens is 1. The van der Waals surface area contributed by atoms with E-state index in [1.807, 2.05) is 30.3 Å². The van der Waals surface area contributed by atoms with Crippen molar-refractivity contribution in [1.29, 1.82) is 5.26 Å². The molecule has 32 heavy (non-hydrogen) atoms. The first-order valence-electron chi connectivity index (χ1n) is 9.71. The topological polar surface area (TPSA) is 87.8 Å². The fraction of sp³-hybridized carbons (Fsp3) is 0.0833. The van der Waals surface area contributed by atoms with Crippen LogP contribution in [0.3, 0.4) is 0 Å². The van der Waals surface area contributed by atoms with Gasteiger partial charge in [0.05, 0.1) is 34.8 Å². The van der Waals surface area contributed by atoms with Crippen molar-refractivity contribution in [2.24, 2.45) is 0 Å². The van der Waals surface area contributed by atoms with E-state index in [1.165, 1.54) is 16.3 Å². The Balaban J connectivity index is 1.62. The Hall–Kier alpha value is -3.60. The van der Waals surface area contributed by atoms with Crippen LogP contribution in [0.2, 0.25) is 5.02 Å². The van der Waals surface area contributed by atoms with Crippen LogP contribution < -0.4 is 10.9 Å². The molecule has 0 atom stereocenters. The van der Waals surface area contributed by atoms with Crippen LogP contribution in [0.5, 0.6) is 0 Å².